The molecule has 5 nitrogen and oxygen atoms in total. The molecule has 2 aromatic carbocycles. The number of carbonyl (C=O) groups is 2. The zero-order valence-electron chi connectivity index (χ0n) is 18.5. The number of rotatable bonds is 7. The number of hydrogen-bond donors (Lipinski definition) is 3. The van der Waals surface area contributed by atoms with E-state index < -0.39 is 6.04 Å². The van der Waals surface area contributed by atoms with Crippen LogP contribution in [0.3, 0.4) is 0 Å². The normalized spacial score (nSPS) is 15.1. The quantitative estimate of drug-likeness (QED) is 0.650. The van der Waals surface area contributed by atoms with Gasteiger partial charge in [-0.05, 0) is 81.2 Å². The Hall–Kier alpha value is -2.66. The monoisotopic (exact) mass is 407 g/mol. The summed E-state index contributed by atoms with van der Waals surface area (Å²) in [5.41, 5.74) is 6.91. The van der Waals surface area contributed by atoms with Crippen LogP contribution in [0.5, 0.6) is 0 Å². The molecule has 0 aliphatic heterocycles. The third-order valence-electron chi connectivity index (χ3n) is 5.93. The van der Waals surface area contributed by atoms with Crippen molar-refractivity contribution in [2.24, 2.45) is 0 Å². The molecular formula is C25H33N3O2. The van der Waals surface area contributed by atoms with Crippen molar-refractivity contribution >= 4 is 17.5 Å². The van der Waals surface area contributed by atoms with E-state index in [9.17, 15) is 9.59 Å². The van der Waals surface area contributed by atoms with Crippen LogP contribution in [0.1, 0.15) is 60.5 Å². The highest BCUT2D eigenvalue weighted by Crippen LogP contribution is 2.25. The Morgan fingerprint density at radius 1 is 0.967 bits per heavy atom. The number of nitrogens with one attached hydrogen (secondary N) is 3. The maximum atomic E-state index is 12.5. The molecule has 0 heterocycles. The highest BCUT2D eigenvalue weighted by Gasteiger charge is 2.18. The first-order chi connectivity index (χ1) is 14.3. The van der Waals surface area contributed by atoms with Gasteiger partial charge in [-0.2, -0.15) is 0 Å². The number of benzene rings is 2. The van der Waals surface area contributed by atoms with E-state index in [1.807, 2.05) is 39.0 Å². The molecule has 5 heteroatoms. The number of anilines is 1. The molecule has 0 bridgehead atoms. The van der Waals surface area contributed by atoms with E-state index in [2.05, 4.69) is 41.1 Å². The molecule has 2 aromatic rings. The van der Waals surface area contributed by atoms with Crippen molar-refractivity contribution in [2.75, 3.05) is 11.9 Å². The molecule has 30 heavy (non-hydrogen) atoms. The molecule has 0 spiro atoms. The van der Waals surface area contributed by atoms with Crippen molar-refractivity contribution in [3.8, 4) is 0 Å². The summed E-state index contributed by atoms with van der Waals surface area (Å²) in [7, 11) is 0. The first-order valence-electron chi connectivity index (χ1n) is 10.9. The number of amides is 2. The molecule has 0 radical (unpaired) electrons. The fourth-order valence-corrected chi connectivity index (χ4v) is 4.09. The maximum Gasteiger partial charge on any atom is 0.243 e. The van der Waals surface area contributed by atoms with Crippen molar-refractivity contribution < 1.29 is 9.59 Å². The van der Waals surface area contributed by atoms with E-state index in [1.165, 1.54) is 36.0 Å². The second-order valence-electron chi connectivity index (χ2n) is 8.38. The van der Waals surface area contributed by atoms with Gasteiger partial charge >= 0.3 is 0 Å². The molecular weight excluding hydrogens is 374 g/mol. The van der Waals surface area contributed by atoms with E-state index in [0.29, 0.717) is 0 Å². The Kier molecular flexibility index (Phi) is 7.27. The van der Waals surface area contributed by atoms with Crippen molar-refractivity contribution in [1.29, 1.82) is 0 Å². The number of fused-ring (bicyclic) bond motifs is 1. The molecule has 160 valence electrons. The largest absolute Gasteiger partial charge is 0.346 e. The van der Waals surface area contributed by atoms with Crippen LogP contribution in [0, 0.1) is 13.8 Å². The van der Waals surface area contributed by atoms with Gasteiger partial charge < -0.3 is 10.6 Å². The van der Waals surface area contributed by atoms with Crippen LogP contribution in [0.2, 0.25) is 0 Å². The summed E-state index contributed by atoms with van der Waals surface area (Å²) in [4.78, 5) is 24.8. The van der Waals surface area contributed by atoms with Gasteiger partial charge in [-0.15, -0.1) is 0 Å². The first kappa shape index (κ1) is 22.0. The molecule has 0 unspecified atom stereocenters. The fraction of sp³-hybridized carbons (Fsp3) is 0.440. The van der Waals surface area contributed by atoms with E-state index in [4.69, 9.17) is 0 Å². The minimum Gasteiger partial charge on any atom is -0.346 e. The van der Waals surface area contributed by atoms with Crippen LogP contribution in [0.4, 0.5) is 5.69 Å². The zero-order valence-corrected chi connectivity index (χ0v) is 18.5. The van der Waals surface area contributed by atoms with Crippen LogP contribution in [0.15, 0.2) is 36.4 Å². The summed E-state index contributed by atoms with van der Waals surface area (Å²) in [6.07, 6.45) is 4.83. The number of carbonyl (C=O) groups excluding carboxylic acids is 2. The summed E-state index contributed by atoms with van der Waals surface area (Å²) < 4.78 is 0. The molecule has 3 N–H and O–H groups in total. The minimum absolute atomic E-state index is 0.0497. The van der Waals surface area contributed by atoms with Crippen LogP contribution in [0.25, 0.3) is 0 Å². The Bertz CT molecular complexity index is 902. The Labute approximate surface area is 179 Å². The summed E-state index contributed by atoms with van der Waals surface area (Å²) in [5, 5.41) is 8.98. The molecule has 0 saturated carbocycles. The van der Waals surface area contributed by atoms with Gasteiger partial charge in [0.05, 0.1) is 12.6 Å². The second kappa shape index (κ2) is 9.90. The van der Waals surface area contributed by atoms with E-state index in [-0.39, 0.29) is 24.4 Å². The van der Waals surface area contributed by atoms with Gasteiger partial charge in [0.15, 0.2) is 0 Å². The lowest BCUT2D eigenvalue weighted by molar-refractivity contribution is -0.125. The lowest BCUT2D eigenvalue weighted by atomic mass is 9.89. The highest BCUT2D eigenvalue weighted by molar-refractivity contribution is 5.96. The van der Waals surface area contributed by atoms with Gasteiger partial charge in [0.25, 0.3) is 0 Å². The number of hydrogen-bond acceptors (Lipinski definition) is 3. The standard InChI is InChI=1S/C25H33N3O2/c1-16-8-7-9-17(2)24(16)28-23(29)15-26-25(30)19(4)27-18(3)21-13-12-20-10-5-6-11-22(20)14-21/h7-9,12-14,18-19,27H,5-6,10-11,15H2,1-4H3,(H,26,30)(H,28,29)/t18-,19+/m0/s1. The molecule has 1 aliphatic carbocycles. The van der Waals surface area contributed by atoms with Gasteiger partial charge in [0, 0.05) is 11.7 Å². The van der Waals surface area contributed by atoms with Gasteiger partial charge in [0.2, 0.25) is 11.8 Å². The maximum absolute atomic E-state index is 12.5. The van der Waals surface area contributed by atoms with E-state index in [1.54, 1.807) is 0 Å². The molecule has 0 saturated heterocycles. The van der Waals surface area contributed by atoms with Crippen LogP contribution in [-0.4, -0.2) is 24.4 Å². The van der Waals surface area contributed by atoms with Crippen molar-refractivity contribution in [3.05, 3.63) is 64.2 Å². The predicted molar refractivity (Wildman–Crippen MR) is 122 cm³/mol. The smallest absolute Gasteiger partial charge is 0.243 e. The summed E-state index contributed by atoms with van der Waals surface area (Å²) in [5.74, 6) is -0.410. The average molecular weight is 408 g/mol. The first-order valence-corrected chi connectivity index (χ1v) is 10.9. The summed E-state index contributed by atoms with van der Waals surface area (Å²) in [6, 6.07) is 12.2. The van der Waals surface area contributed by atoms with Gasteiger partial charge in [-0.25, -0.2) is 0 Å². The third-order valence-corrected chi connectivity index (χ3v) is 5.93. The molecule has 2 atom stereocenters. The Morgan fingerprint density at radius 3 is 2.33 bits per heavy atom. The average Bonchev–Trinajstić information content (AvgIpc) is 2.74. The van der Waals surface area contributed by atoms with Crippen LogP contribution in [-0.2, 0) is 22.4 Å². The Balaban J connectivity index is 1.50. The SMILES string of the molecule is Cc1cccc(C)c1NC(=O)CNC(=O)[C@@H](C)N[C@@H](C)c1ccc2c(c1)CCCC2. The molecule has 1 aliphatic rings. The van der Waals surface area contributed by atoms with Gasteiger partial charge in [0.1, 0.15) is 0 Å². The lowest BCUT2D eigenvalue weighted by Crippen LogP contribution is -2.45. The van der Waals surface area contributed by atoms with E-state index >= 15 is 0 Å². The molecule has 0 aromatic heterocycles. The predicted octanol–water partition coefficient (Wildman–Crippen LogP) is 3.98. The minimum atomic E-state index is -0.399. The van der Waals surface area contributed by atoms with Crippen molar-refractivity contribution in [3.63, 3.8) is 0 Å². The van der Waals surface area contributed by atoms with Gasteiger partial charge in [-0.3, -0.25) is 14.9 Å². The molecule has 0 fully saturated rings. The third kappa shape index (κ3) is 5.48. The lowest BCUT2D eigenvalue weighted by Gasteiger charge is -2.22. The van der Waals surface area contributed by atoms with Crippen LogP contribution >= 0.6 is 0 Å². The second-order valence-corrected chi connectivity index (χ2v) is 8.38. The Morgan fingerprint density at radius 2 is 1.63 bits per heavy atom. The topological polar surface area (TPSA) is 70.2 Å². The summed E-state index contributed by atoms with van der Waals surface area (Å²) >= 11 is 0. The van der Waals surface area contributed by atoms with Crippen molar-refractivity contribution in [2.45, 2.75) is 65.5 Å². The van der Waals surface area contributed by atoms with Gasteiger partial charge in [-0.1, -0.05) is 36.4 Å². The fourth-order valence-electron chi connectivity index (χ4n) is 4.09. The molecule has 2 amide bonds. The summed E-state index contributed by atoms with van der Waals surface area (Å²) in [6.45, 7) is 7.76. The highest BCUT2D eigenvalue weighted by atomic mass is 16.2. The number of para-hydroxylation sites is 1. The van der Waals surface area contributed by atoms with E-state index in [0.717, 1.165) is 23.2 Å². The number of aryl methyl sites for hydroxylation is 4. The zero-order chi connectivity index (χ0) is 21.7. The molecule has 3 rings (SSSR count). The van der Waals surface area contributed by atoms with Crippen LogP contribution < -0.4 is 16.0 Å². The van der Waals surface area contributed by atoms with Crippen molar-refractivity contribution in [1.82, 2.24) is 10.6 Å².